The van der Waals surface area contributed by atoms with Crippen LogP contribution in [0.5, 0.6) is 5.75 Å². The molecule has 0 aliphatic heterocycles. The van der Waals surface area contributed by atoms with Gasteiger partial charge < -0.3 is 10.1 Å². The van der Waals surface area contributed by atoms with Crippen molar-refractivity contribution in [2.75, 3.05) is 14.2 Å². The summed E-state index contributed by atoms with van der Waals surface area (Å²) in [6, 6.07) is 13.1. The highest BCUT2D eigenvalue weighted by Gasteiger charge is 2.15. The average molecular weight is 348 g/mol. The van der Waals surface area contributed by atoms with Gasteiger partial charge in [0.25, 0.3) is 0 Å². The van der Waals surface area contributed by atoms with Crippen LogP contribution in [0.2, 0.25) is 0 Å². The fraction of sp³-hybridized carbons (Fsp3) is 0.333. The van der Waals surface area contributed by atoms with Crippen molar-refractivity contribution in [1.82, 2.24) is 5.32 Å². The SMILES string of the molecule is CNC(Cc1ccc(C)c(C)c1)c1ccc(Br)cc1OC. The summed E-state index contributed by atoms with van der Waals surface area (Å²) in [5.41, 5.74) is 5.19. The van der Waals surface area contributed by atoms with Crippen LogP contribution in [0.3, 0.4) is 0 Å². The highest BCUT2D eigenvalue weighted by Crippen LogP contribution is 2.30. The van der Waals surface area contributed by atoms with Crippen LogP contribution in [-0.4, -0.2) is 14.2 Å². The molecule has 1 unspecified atom stereocenters. The number of benzene rings is 2. The van der Waals surface area contributed by atoms with Gasteiger partial charge in [-0.1, -0.05) is 40.2 Å². The normalized spacial score (nSPS) is 12.2. The van der Waals surface area contributed by atoms with E-state index in [2.05, 4.69) is 65.4 Å². The summed E-state index contributed by atoms with van der Waals surface area (Å²) in [4.78, 5) is 0. The molecule has 0 radical (unpaired) electrons. The molecule has 0 aromatic heterocycles. The molecule has 2 rings (SSSR count). The van der Waals surface area contributed by atoms with Crippen molar-refractivity contribution in [2.24, 2.45) is 0 Å². The molecule has 0 saturated carbocycles. The summed E-state index contributed by atoms with van der Waals surface area (Å²) in [5.74, 6) is 0.910. The van der Waals surface area contributed by atoms with Crippen molar-refractivity contribution in [1.29, 1.82) is 0 Å². The third kappa shape index (κ3) is 3.86. The number of likely N-dealkylation sites (N-methyl/N-ethyl adjacent to an activating group) is 1. The highest BCUT2D eigenvalue weighted by molar-refractivity contribution is 9.10. The van der Waals surface area contributed by atoms with Gasteiger partial charge in [-0.2, -0.15) is 0 Å². The molecular weight excluding hydrogens is 326 g/mol. The fourth-order valence-electron chi connectivity index (χ4n) is 2.51. The van der Waals surface area contributed by atoms with Crippen LogP contribution in [0.4, 0.5) is 0 Å². The zero-order valence-electron chi connectivity index (χ0n) is 13.0. The van der Waals surface area contributed by atoms with Gasteiger partial charge in [0.05, 0.1) is 7.11 Å². The molecule has 0 spiro atoms. The molecule has 1 N–H and O–H groups in total. The topological polar surface area (TPSA) is 21.3 Å². The van der Waals surface area contributed by atoms with Crippen LogP contribution in [0.25, 0.3) is 0 Å². The van der Waals surface area contributed by atoms with E-state index < -0.39 is 0 Å². The summed E-state index contributed by atoms with van der Waals surface area (Å²) in [7, 11) is 3.71. The maximum atomic E-state index is 5.52. The largest absolute Gasteiger partial charge is 0.496 e. The van der Waals surface area contributed by atoms with Crippen molar-refractivity contribution >= 4 is 15.9 Å². The summed E-state index contributed by atoms with van der Waals surface area (Å²) >= 11 is 3.49. The molecule has 2 aromatic rings. The summed E-state index contributed by atoms with van der Waals surface area (Å²) in [6.07, 6.45) is 0.940. The van der Waals surface area contributed by atoms with Gasteiger partial charge in [-0.15, -0.1) is 0 Å². The number of aryl methyl sites for hydroxylation is 2. The quantitative estimate of drug-likeness (QED) is 0.854. The van der Waals surface area contributed by atoms with E-state index in [1.807, 2.05) is 13.1 Å². The van der Waals surface area contributed by atoms with Crippen LogP contribution in [0, 0.1) is 13.8 Å². The molecule has 21 heavy (non-hydrogen) atoms. The molecule has 112 valence electrons. The number of rotatable bonds is 5. The molecule has 0 fully saturated rings. The van der Waals surface area contributed by atoms with E-state index in [0.717, 1.165) is 16.6 Å². The monoisotopic (exact) mass is 347 g/mol. The first-order chi connectivity index (χ1) is 10.0. The predicted octanol–water partition coefficient (Wildman–Crippen LogP) is 4.58. The third-order valence-corrected chi connectivity index (χ3v) is 4.42. The van der Waals surface area contributed by atoms with E-state index in [9.17, 15) is 0 Å². The van der Waals surface area contributed by atoms with Crippen LogP contribution >= 0.6 is 15.9 Å². The fourth-order valence-corrected chi connectivity index (χ4v) is 2.85. The van der Waals surface area contributed by atoms with Gasteiger partial charge >= 0.3 is 0 Å². The van der Waals surface area contributed by atoms with Crippen LogP contribution < -0.4 is 10.1 Å². The van der Waals surface area contributed by atoms with Gasteiger partial charge in [-0.25, -0.2) is 0 Å². The molecule has 0 heterocycles. The second-order valence-electron chi connectivity index (χ2n) is 5.35. The molecule has 3 heteroatoms. The van der Waals surface area contributed by atoms with Crippen LogP contribution in [-0.2, 0) is 6.42 Å². The molecule has 0 saturated heterocycles. The molecular formula is C18H22BrNO. The first-order valence-corrected chi connectivity index (χ1v) is 7.91. The molecule has 0 aliphatic carbocycles. The minimum absolute atomic E-state index is 0.232. The van der Waals surface area contributed by atoms with Gasteiger partial charge in [-0.3, -0.25) is 0 Å². The second-order valence-corrected chi connectivity index (χ2v) is 6.27. The van der Waals surface area contributed by atoms with Crippen molar-refractivity contribution in [2.45, 2.75) is 26.3 Å². The van der Waals surface area contributed by atoms with Crippen molar-refractivity contribution in [3.05, 3.63) is 63.1 Å². The third-order valence-electron chi connectivity index (χ3n) is 3.93. The number of nitrogens with one attached hydrogen (secondary N) is 1. The Morgan fingerprint density at radius 1 is 1.10 bits per heavy atom. The van der Waals surface area contributed by atoms with Gasteiger partial charge in [0.15, 0.2) is 0 Å². The minimum atomic E-state index is 0.232. The number of methoxy groups -OCH3 is 1. The Bertz CT molecular complexity index is 625. The summed E-state index contributed by atoms with van der Waals surface area (Å²) in [6.45, 7) is 4.31. The van der Waals surface area contributed by atoms with E-state index in [1.54, 1.807) is 7.11 Å². The lowest BCUT2D eigenvalue weighted by molar-refractivity contribution is 0.401. The molecule has 0 aliphatic rings. The zero-order chi connectivity index (χ0) is 15.4. The lowest BCUT2D eigenvalue weighted by atomic mass is 9.96. The van der Waals surface area contributed by atoms with Crippen LogP contribution in [0.1, 0.15) is 28.3 Å². The molecule has 0 bridgehead atoms. The molecule has 2 nitrogen and oxygen atoms in total. The van der Waals surface area contributed by atoms with Gasteiger partial charge in [0, 0.05) is 16.1 Å². The summed E-state index contributed by atoms with van der Waals surface area (Å²) < 4.78 is 6.55. The Balaban J connectivity index is 2.29. The molecule has 1 atom stereocenters. The Labute approximate surface area is 135 Å². The minimum Gasteiger partial charge on any atom is -0.496 e. The van der Waals surface area contributed by atoms with Crippen molar-refractivity contribution in [3.8, 4) is 5.75 Å². The Hall–Kier alpha value is -1.32. The average Bonchev–Trinajstić information content (AvgIpc) is 2.48. The van der Waals surface area contributed by atoms with E-state index >= 15 is 0 Å². The lowest BCUT2D eigenvalue weighted by Gasteiger charge is -2.20. The standard InChI is InChI=1S/C18H22BrNO/c1-12-5-6-14(9-13(12)2)10-17(20-3)16-8-7-15(19)11-18(16)21-4/h5-9,11,17,20H,10H2,1-4H3. The zero-order valence-corrected chi connectivity index (χ0v) is 14.6. The van der Waals surface area contributed by atoms with Crippen molar-refractivity contribution < 1.29 is 4.74 Å². The van der Waals surface area contributed by atoms with E-state index in [0.29, 0.717) is 0 Å². The maximum absolute atomic E-state index is 5.52. The van der Waals surface area contributed by atoms with E-state index in [4.69, 9.17) is 4.74 Å². The molecule has 2 aromatic carbocycles. The predicted molar refractivity (Wildman–Crippen MR) is 92.1 cm³/mol. The van der Waals surface area contributed by atoms with E-state index in [-0.39, 0.29) is 6.04 Å². The maximum Gasteiger partial charge on any atom is 0.124 e. The Morgan fingerprint density at radius 2 is 1.86 bits per heavy atom. The van der Waals surface area contributed by atoms with Gasteiger partial charge in [-0.05, 0) is 56.1 Å². The number of ether oxygens (including phenoxy) is 1. The van der Waals surface area contributed by atoms with Crippen LogP contribution in [0.15, 0.2) is 40.9 Å². The highest BCUT2D eigenvalue weighted by atomic mass is 79.9. The van der Waals surface area contributed by atoms with Crippen molar-refractivity contribution in [3.63, 3.8) is 0 Å². The first kappa shape index (κ1) is 16.1. The smallest absolute Gasteiger partial charge is 0.124 e. The number of halogens is 1. The van der Waals surface area contributed by atoms with E-state index in [1.165, 1.54) is 22.3 Å². The number of hydrogen-bond acceptors (Lipinski definition) is 2. The van der Waals surface area contributed by atoms with Gasteiger partial charge in [0.2, 0.25) is 0 Å². The number of hydrogen-bond donors (Lipinski definition) is 1. The Kier molecular flexibility index (Phi) is 5.43. The first-order valence-electron chi connectivity index (χ1n) is 7.12. The molecule has 0 amide bonds. The lowest BCUT2D eigenvalue weighted by Crippen LogP contribution is -2.19. The Morgan fingerprint density at radius 3 is 2.48 bits per heavy atom. The summed E-state index contributed by atoms with van der Waals surface area (Å²) in [5, 5.41) is 3.40. The van der Waals surface area contributed by atoms with Gasteiger partial charge in [0.1, 0.15) is 5.75 Å². The second kappa shape index (κ2) is 7.10.